The maximum absolute atomic E-state index is 11.5. The van der Waals surface area contributed by atoms with E-state index in [1.807, 2.05) is 29.0 Å². The summed E-state index contributed by atoms with van der Waals surface area (Å²) in [5.41, 5.74) is 13.9. The van der Waals surface area contributed by atoms with Crippen molar-refractivity contribution in [3.8, 4) is 0 Å². The Morgan fingerprint density at radius 3 is 2.79 bits per heavy atom. The van der Waals surface area contributed by atoms with E-state index in [1.165, 1.54) is 6.33 Å². The fraction of sp³-hybridized carbons (Fsp3) is 0.292. The van der Waals surface area contributed by atoms with E-state index in [9.17, 15) is 10.2 Å². The van der Waals surface area contributed by atoms with Crippen LogP contribution >= 0.6 is 15.9 Å². The van der Waals surface area contributed by atoms with Crippen molar-refractivity contribution in [2.45, 2.75) is 30.6 Å². The topological polar surface area (TPSA) is 136 Å². The van der Waals surface area contributed by atoms with Gasteiger partial charge in [0.25, 0.3) is 0 Å². The number of aromatic nitrogens is 4. The molecule has 33 heavy (non-hydrogen) atoms. The molecule has 0 amide bonds. The van der Waals surface area contributed by atoms with Crippen molar-refractivity contribution in [3.05, 3.63) is 64.5 Å². The van der Waals surface area contributed by atoms with E-state index >= 15 is 0 Å². The number of aryl methyl sites for hydroxylation is 1. The number of anilines is 2. The minimum atomic E-state index is -1.26. The molecule has 0 unspecified atom stereocenters. The van der Waals surface area contributed by atoms with Crippen LogP contribution in [0.5, 0.6) is 0 Å². The third-order valence-electron chi connectivity index (χ3n) is 8.10. The monoisotopic (exact) mass is 504 g/mol. The van der Waals surface area contributed by atoms with Crippen molar-refractivity contribution in [2.75, 3.05) is 11.5 Å². The van der Waals surface area contributed by atoms with E-state index in [4.69, 9.17) is 11.5 Å². The van der Waals surface area contributed by atoms with Gasteiger partial charge in [0.1, 0.15) is 29.2 Å². The Balaban J connectivity index is 1.21. The Bertz CT molecular complexity index is 1530. The Kier molecular flexibility index (Phi) is 3.60. The van der Waals surface area contributed by atoms with E-state index < -0.39 is 17.1 Å². The number of hydrogen-bond donors (Lipinski definition) is 4. The fourth-order valence-electron chi connectivity index (χ4n) is 6.58. The minimum absolute atomic E-state index is 0.0319. The summed E-state index contributed by atoms with van der Waals surface area (Å²) in [6.07, 6.45) is 6.14. The lowest BCUT2D eigenvalue weighted by atomic mass is 9.50. The summed E-state index contributed by atoms with van der Waals surface area (Å²) in [6.45, 7) is 0. The fourth-order valence-corrected chi connectivity index (χ4v) is 6.91. The lowest BCUT2D eigenvalue weighted by molar-refractivity contribution is -0.150. The number of benzene rings is 1. The molecule has 6 N–H and O–H groups in total. The average Bonchev–Trinajstić information content (AvgIpc) is 3.44. The molecule has 166 valence electrons. The van der Waals surface area contributed by atoms with Gasteiger partial charge in [0, 0.05) is 22.9 Å². The number of halogens is 1. The standard InChI is InChI=1S/C24H21BrN6O2/c25-15-8-12-2-1-11(7-16(12)30-20(15)27)3-5-23-14-9-17(23)24(33,22(23)32)18(14)31-6-4-13-19(26)28-10-29-21(13)31/h1-2,4,6-10,14,18,22,32-33H,3,5H2,(H2,27,30)(H2,26,28,29)/t14-,18-,22-,23+,24-/m1/s1. The molecule has 9 heteroatoms. The second kappa shape index (κ2) is 6.11. The molecule has 0 radical (unpaired) electrons. The highest BCUT2D eigenvalue weighted by atomic mass is 79.9. The van der Waals surface area contributed by atoms with Crippen molar-refractivity contribution >= 4 is 49.5 Å². The summed E-state index contributed by atoms with van der Waals surface area (Å²) in [6, 6.07) is 9.72. The predicted molar refractivity (Wildman–Crippen MR) is 128 cm³/mol. The lowest BCUT2D eigenvalue weighted by Gasteiger charge is -2.57. The average molecular weight is 505 g/mol. The van der Waals surface area contributed by atoms with Gasteiger partial charge >= 0.3 is 0 Å². The maximum Gasteiger partial charge on any atom is 0.145 e. The molecule has 3 heterocycles. The quantitative estimate of drug-likeness (QED) is 0.313. The molecule has 3 aliphatic rings. The van der Waals surface area contributed by atoms with E-state index in [0.29, 0.717) is 17.3 Å². The molecule has 1 aromatic carbocycles. The van der Waals surface area contributed by atoms with Crippen LogP contribution in [0.1, 0.15) is 18.0 Å². The highest BCUT2D eigenvalue weighted by Crippen LogP contribution is 2.80. The molecule has 0 spiro atoms. The first kappa shape index (κ1) is 19.5. The Morgan fingerprint density at radius 1 is 1.12 bits per heavy atom. The van der Waals surface area contributed by atoms with Crippen molar-refractivity contribution in [2.24, 2.45) is 11.3 Å². The number of fused-ring (bicyclic) bond motifs is 2. The molecular formula is C24H21BrN6O2. The number of allylic oxidation sites excluding steroid dienone is 1. The summed E-state index contributed by atoms with van der Waals surface area (Å²) in [7, 11) is 0. The molecule has 3 aliphatic carbocycles. The minimum Gasteiger partial charge on any atom is -0.389 e. The van der Waals surface area contributed by atoms with Gasteiger partial charge in [-0.3, -0.25) is 0 Å². The number of nitrogens with two attached hydrogens (primary N) is 2. The van der Waals surface area contributed by atoms with Gasteiger partial charge in [0.2, 0.25) is 0 Å². The normalized spacial score (nSPS) is 31.5. The van der Waals surface area contributed by atoms with Gasteiger partial charge in [-0.1, -0.05) is 18.2 Å². The second-order valence-corrected chi connectivity index (χ2v) is 10.3. The Hall–Kier alpha value is -3.01. The summed E-state index contributed by atoms with van der Waals surface area (Å²) in [4.78, 5) is 12.9. The van der Waals surface area contributed by atoms with Gasteiger partial charge in [0.05, 0.1) is 27.5 Å². The van der Waals surface area contributed by atoms with Crippen LogP contribution < -0.4 is 11.5 Å². The Morgan fingerprint density at radius 2 is 1.97 bits per heavy atom. The van der Waals surface area contributed by atoms with Crippen molar-refractivity contribution < 1.29 is 10.2 Å². The van der Waals surface area contributed by atoms with Crippen molar-refractivity contribution in [1.29, 1.82) is 0 Å². The number of pyridine rings is 1. The largest absolute Gasteiger partial charge is 0.389 e. The zero-order valence-electron chi connectivity index (χ0n) is 17.5. The summed E-state index contributed by atoms with van der Waals surface area (Å²) >= 11 is 3.42. The first-order chi connectivity index (χ1) is 15.9. The van der Waals surface area contributed by atoms with Crippen molar-refractivity contribution in [1.82, 2.24) is 19.5 Å². The summed E-state index contributed by atoms with van der Waals surface area (Å²) in [5, 5.41) is 24.5. The smallest absolute Gasteiger partial charge is 0.145 e. The number of nitrogens with zero attached hydrogens (tertiary/aromatic N) is 4. The van der Waals surface area contributed by atoms with Gasteiger partial charge in [-0.05, 0) is 58.1 Å². The molecule has 2 saturated carbocycles. The summed E-state index contributed by atoms with van der Waals surface area (Å²) < 4.78 is 2.74. The van der Waals surface area contributed by atoms with Crippen LogP contribution in [0.3, 0.4) is 0 Å². The van der Waals surface area contributed by atoms with E-state index in [1.54, 1.807) is 0 Å². The molecule has 4 aromatic rings. The van der Waals surface area contributed by atoms with Gasteiger partial charge in [-0.15, -0.1) is 0 Å². The van der Waals surface area contributed by atoms with Crippen LogP contribution in [0.4, 0.5) is 11.6 Å². The van der Waals surface area contributed by atoms with Crippen molar-refractivity contribution in [3.63, 3.8) is 0 Å². The predicted octanol–water partition coefficient (Wildman–Crippen LogP) is 2.74. The molecule has 8 nitrogen and oxygen atoms in total. The summed E-state index contributed by atoms with van der Waals surface area (Å²) in [5.74, 6) is 0.906. The molecule has 5 atom stereocenters. The van der Waals surface area contributed by atoms with Gasteiger partial charge in [0.15, 0.2) is 0 Å². The molecule has 3 aromatic heterocycles. The number of aliphatic hydroxyl groups is 2. The molecule has 7 rings (SSSR count). The van der Waals surface area contributed by atoms with E-state index in [0.717, 1.165) is 44.7 Å². The van der Waals surface area contributed by atoms with Crippen LogP contribution in [0.15, 0.2) is 59.0 Å². The number of rotatable bonds is 4. The van der Waals surface area contributed by atoms with Crippen LogP contribution in [0, 0.1) is 11.3 Å². The van der Waals surface area contributed by atoms with Crippen LogP contribution in [0.25, 0.3) is 21.9 Å². The SMILES string of the molecule is Nc1nc2cc(CC[C@@]34C5=C[C@@H]3[C@@H](n3ccc6c(N)ncnc63)[C@@]5(O)[C@@H]4O)ccc2cc1Br. The first-order valence-electron chi connectivity index (χ1n) is 10.9. The van der Waals surface area contributed by atoms with Crippen LogP contribution in [0.2, 0.25) is 0 Å². The second-order valence-electron chi connectivity index (χ2n) is 9.42. The van der Waals surface area contributed by atoms with E-state index in [2.05, 4.69) is 49.1 Å². The molecule has 0 saturated heterocycles. The molecule has 2 fully saturated rings. The zero-order chi connectivity index (χ0) is 22.7. The van der Waals surface area contributed by atoms with Gasteiger partial charge < -0.3 is 26.2 Å². The number of hydrogen-bond acceptors (Lipinski definition) is 7. The maximum atomic E-state index is 11.5. The Labute approximate surface area is 197 Å². The van der Waals surface area contributed by atoms with Gasteiger partial charge in [-0.25, -0.2) is 15.0 Å². The number of nitrogen functional groups attached to an aromatic ring is 2. The van der Waals surface area contributed by atoms with E-state index in [-0.39, 0.29) is 12.0 Å². The molecule has 0 aliphatic heterocycles. The highest BCUT2D eigenvalue weighted by Gasteiger charge is 2.85. The zero-order valence-corrected chi connectivity index (χ0v) is 19.1. The third kappa shape index (κ3) is 2.16. The van der Waals surface area contributed by atoms with Crippen LogP contribution in [-0.4, -0.2) is 41.4 Å². The lowest BCUT2D eigenvalue weighted by Crippen LogP contribution is -2.65. The van der Waals surface area contributed by atoms with Crippen LogP contribution in [-0.2, 0) is 6.42 Å². The third-order valence-corrected chi connectivity index (χ3v) is 8.73. The number of aliphatic hydroxyl groups excluding tert-OH is 1. The molecular weight excluding hydrogens is 484 g/mol. The molecule has 4 bridgehead atoms. The first-order valence-corrected chi connectivity index (χ1v) is 11.7. The highest BCUT2D eigenvalue weighted by molar-refractivity contribution is 9.10. The van der Waals surface area contributed by atoms with Gasteiger partial charge in [-0.2, -0.15) is 0 Å².